The van der Waals surface area contributed by atoms with Crippen molar-refractivity contribution in [3.05, 3.63) is 89.2 Å². The number of piperazine rings is 1. The lowest BCUT2D eigenvalue weighted by molar-refractivity contribution is -0.253. The zero-order valence-electron chi connectivity index (χ0n) is 26.3. The van der Waals surface area contributed by atoms with E-state index < -0.39 is 12.3 Å². The second kappa shape index (κ2) is 17.1. The number of unbranched alkanes of at least 4 members (excludes halogenated alkanes) is 3. The fraction of sp³-hybridized carbons (Fsp3) is 0.486. The van der Waals surface area contributed by atoms with Gasteiger partial charge in [-0.2, -0.15) is 0 Å². The average molecular weight is 632 g/mol. The fourth-order valence-corrected chi connectivity index (χ4v) is 5.90. The van der Waals surface area contributed by atoms with Gasteiger partial charge in [-0.15, -0.1) is 0 Å². The molecule has 0 unspecified atom stereocenters. The van der Waals surface area contributed by atoms with Crippen molar-refractivity contribution >= 4 is 17.8 Å². The minimum Gasteiger partial charge on any atom is -0.481 e. The second-order valence-electron chi connectivity index (χ2n) is 12.0. The molecule has 0 spiro atoms. The Kier molecular flexibility index (Phi) is 12.5. The van der Waals surface area contributed by atoms with Crippen LogP contribution < -0.4 is 10.2 Å². The van der Waals surface area contributed by atoms with Crippen LogP contribution in [0.1, 0.15) is 79.6 Å². The van der Waals surface area contributed by atoms with Crippen molar-refractivity contribution in [2.45, 2.75) is 76.6 Å². The fourth-order valence-electron chi connectivity index (χ4n) is 5.90. The number of rotatable bonds is 15. The molecule has 1 aromatic heterocycles. The highest BCUT2D eigenvalue weighted by atomic mass is 16.7. The Hall–Kier alpha value is -3.90. The van der Waals surface area contributed by atoms with Gasteiger partial charge in [0, 0.05) is 76.5 Å². The summed E-state index contributed by atoms with van der Waals surface area (Å²) in [5, 5.41) is 21.2. The van der Waals surface area contributed by atoms with Crippen LogP contribution in [-0.2, 0) is 32.2 Å². The van der Waals surface area contributed by atoms with Crippen molar-refractivity contribution in [1.82, 2.24) is 20.2 Å². The van der Waals surface area contributed by atoms with Crippen molar-refractivity contribution in [3.63, 3.8) is 0 Å². The first-order chi connectivity index (χ1) is 22.5. The lowest BCUT2D eigenvalue weighted by Gasteiger charge is -2.40. The van der Waals surface area contributed by atoms with E-state index in [9.17, 15) is 14.7 Å². The number of aromatic nitrogens is 2. The SMILES string of the molecule is O=C(O)CCCCCCC(=O)NCc1ccc([C@H]2O[C@@H](CN3CCN(c4ncccn4)CC3)C[C@@H](c3ccc(CO)cc3)O2)cc1. The first-order valence-corrected chi connectivity index (χ1v) is 16.3. The molecule has 3 atom stereocenters. The standard InChI is InChI=1S/C35H45N5O6/c41-25-27-10-12-28(13-11-27)31-22-30(24-39-18-20-40(21-19-39)35-36-16-5-17-37-35)45-34(46-31)29-14-8-26(9-15-29)23-38-32(42)6-3-1-2-4-7-33(43)44/h5,8-17,30-31,34,41H,1-4,6-7,18-25H2,(H,38,42)(H,43,44)/t30-,31+,34+/m1/s1. The van der Waals surface area contributed by atoms with Gasteiger partial charge in [-0.05, 0) is 35.6 Å². The van der Waals surface area contributed by atoms with Gasteiger partial charge in [0.2, 0.25) is 11.9 Å². The van der Waals surface area contributed by atoms with Crippen molar-refractivity contribution in [2.24, 2.45) is 0 Å². The summed E-state index contributed by atoms with van der Waals surface area (Å²) in [5.41, 5.74) is 3.83. The molecule has 2 aliphatic heterocycles. The number of carboxylic acids is 1. The summed E-state index contributed by atoms with van der Waals surface area (Å²) in [6.45, 7) is 4.73. The first-order valence-electron chi connectivity index (χ1n) is 16.3. The van der Waals surface area contributed by atoms with Crippen LogP contribution in [0.25, 0.3) is 0 Å². The molecule has 3 N–H and O–H groups in total. The predicted octanol–water partition coefficient (Wildman–Crippen LogP) is 4.38. The zero-order chi connectivity index (χ0) is 32.1. The number of carbonyl (C=O) groups is 2. The van der Waals surface area contributed by atoms with Crippen LogP contribution in [0.15, 0.2) is 67.0 Å². The smallest absolute Gasteiger partial charge is 0.303 e. The van der Waals surface area contributed by atoms with Gasteiger partial charge in [-0.25, -0.2) is 9.97 Å². The molecule has 0 aliphatic carbocycles. The Morgan fingerprint density at radius 1 is 0.826 bits per heavy atom. The number of aliphatic hydroxyl groups excluding tert-OH is 1. The van der Waals surface area contributed by atoms with Crippen LogP contribution in [0, 0.1) is 0 Å². The molecule has 0 bridgehead atoms. The molecule has 3 aromatic rings. The third-order valence-electron chi connectivity index (χ3n) is 8.57. The summed E-state index contributed by atoms with van der Waals surface area (Å²) in [6.07, 6.45) is 7.24. The molecule has 3 heterocycles. The number of aliphatic hydroxyl groups is 1. The number of aliphatic carboxylic acids is 1. The molecule has 2 aromatic carbocycles. The zero-order valence-corrected chi connectivity index (χ0v) is 26.3. The summed E-state index contributed by atoms with van der Waals surface area (Å²) in [5.74, 6) is -0.0108. The van der Waals surface area contributed by atoms with Gasteiger partial charge in [0.25, 0.3) is 0 Å². The molecule has 11 nitrogen and oxygen atoms in total. The van der Waals surface area contributed by atoms with Crippen LogP contribution in [0.5, 0.6) is 0 Å². The van der Waals surface area contributed by atoms with Crippen LogP contribution in [0.3, 0.4) is 0 Å². The van der Waals surface area contributed by atoms with Gasteiger partial charge in [0.05, 0.1) is 18.8 Å². The van der Waals surface area contributed by atoms with E-state index in [4.69, 9.17) is 14.6 Å². The van der Waals surface area contributed by atoms with E-state index in [-0.39, 0.29) is 31.1 Å². The highest BCUT2D eigenvalue weighted by Gasteiger charge is 2.34. The van der Waals surface area contributed by atoms with E-state index in [0.29, 0.717) is 19.4 Å². The molecule has 0 saturated carbocycles. The molecule has 11 heteroatoms. The van der Waals surface area contributed by atoms with Crippen molar-refractivity contribution in [1.29, 1.82) is 0 Å². The minimum absolute atomic E-state index is 0.00155. The van der Waals surface area contributed by atoms with Crippen molar-refractivity contribution < 1.29 is 29.3 Å². The molecular weight excluding hydrogens is 586 g/mol. The number of ether oxygens (including phenoxy) is 2. The summed E-state index contributed by atoms with van der Waals surface area (Å²) in [7, 11) is 0. The number of nitrogens with zero attached hydrogens (tertiary/aromatic N) is 4. The number of nitrogens with one attached hydrogen (secondary N) is 1. The maximum absolute atomic E-state index is 12.3. The summed E-state index contributed by atoms with van der Waals surface area (Å²) in [6, 6.07) is 17.7. The quantitative estimate of drug-likeness (QED) is 0.207. The van der Waals surface area contributed by atoms with E-state index in [0.717, 1.165) is 86.6 Å². The molecule has 246 valence electrons. The van der Waals surface area contributed by atoms with Gasteiger partial charge in [-0.1, -0.05) is 61.4 Å². The normalized spacial score (nSPS) is 20.4. The van der Waals surface area contributed by atoms with E-state index in [2.05, 4.69) is 25.1 Å². The number of anilines is 1. The van der Waals surface area contributed by atoms with Crippen LogP contribution >= 0.6 is 0 Å². The first kappa shape index (κ1) is 33.5. The summed E-state index contributed by atoms with van der Waals surface area (Å²) >= 11 is 0. The maximum Gasteiger partial charge on any atom is 0.303 e. The molecule has 2 saturated heterocycles. The molecule has 46 heavy (non-hydrogen) atoms. The number of hydrogen-bond acceptors (Lipinski definition) is 9. The van der Waals surface area contributed by atoms with Gasteiger partial charge in [0.1, 0.15) is 0 Å². The van der Waals surface area contributed by atoms with Gasteiger partial charge >= 0.3 is 5.97 Å². The largest absolute Gasteiger partial charge is 0.481 e. The van der Waals surface area contributed by atoms with E-state index >= 15 is 0 Å². The number of benzene rings is 2. The monoisotopic (exact) mass is 631 g/mol. The Bertz CT molecular complexity index is 1370. The Morgan fingerprint density at radius 2 is 1.48 bits per heavy atom. The van der Waals surface area contributed by atoms with Crippen LogP contribution in [0.4, 0.5) is 5.95 Å². The van der Waals surface area contributed by atoms with Crippen molar-refractivity contribution in [2.75, 3.05) is 37.6 Å². The Labute approximate surface area is 270 Å². The molecule has 5 rings (SSSR count). The topological polar surface area (TPSA) is 137 Å². The Morgan fingerprint density at radius 3 is 2.15 bits per heavy atom. The molecule has 2 aliphatic rings. The lowest BCUT2D eigenvalue weighted by Crippen LogP contribution is -2.50. The third kappa shape index (κ3) is 10.1. The van der Waals surface area contributed by atoms with E-state index in [1.165, 1.54) is 0 Å². The lowest BCUT2D eigenvalue weighted by atomic mass is 9.99. The second-order valence-corrected chi connectivity index (χ2v) is 12.0. The highest BCUT2D eigenvalue weighted by molar-refractivity contribution is 5.75. The van der Waals surface area contributed by atoms with Crippen LogP contribution in [0.2, 0.25) is 0 Å². The van der Waals surface area contributed by atoms with Gasteiger partial charge < -0.3 is 29.9 Å². The van der Waals surface area contributed by atoms with Crippen molar-refractivity contribution in [3.8, 4) is 0 Å². The molecular formula is C35H45N5O6. The van der Waals surface area contributed by atoms with Crippen LogP contribution in [-0.4, -0.2) is 75.8 Å². The Balaban J connectivity index is 1.15. The van der Waals surface area contributed by atoms with Gasteiger partial charge in [-0.3, -0.25) is 14.5 Å². The molecule has 2 fully saturated rings. The summed E-state index contributed by atoms with van der Waals surface area (Å²) in [4.78, 5) is 36.3. The predicted molar refractivity (Wildman–Crippen MR) is 173 cm³/mol. The number of carbonyl (C=O) groups excluding carboxylic acids is 1. The van der Waals surface area contributed by atoms with Gasteiger partial charge in [0.15, 0.2) is 6.29 Å². The number of carboxylic acid groups (broad SMARTS) is 1. The highest BCUT2D eigenvalue weighted by Crippen LogP contribution is 2.38. The maximum atomic E-state index is 12.3. The minimum atomic E-state index is -0.775. The summed E-state index contributed by atoms with van der Waals surface area (Å²) < 4.78 is 13.1. The average Bonchev–Trinajstić information content (AvgIpc) is 3.09. The third-order valence-corrected chi connectivity index (χ3v) is 8.57. The molecule has 0 radical (unpaired) electrons. The van der Waals surface area contributed by atoms with E-state index in [1.54, 1.807) is 12.4 Å². The number of amides is 1. The number of hydrogen-bond donors (Lipinski definition) is 3. The van der Waals surface area contributed by atoms with E-state index in [1.807, 2.05) is 54.6 Å². The molecule has 1 amide bonds.